The van der Waals surface area contributed by atoms with Crippen LogP contribution in [-0.4, -0.2) is 28.0 Å². The second kappa shape index (κ2) is 8.17. The van der Waals surface area contributed by atoms with Crippen molar-refractivity contribution in [3.05, 3.63) is 9.98 Å². The first-order chi connectivity index (χ1) is 11.5. The monoisotopic (exact) mass is 413 g/mol. The maximum Gasteiger partial charge on any atom is 0.324 e. The molecule has 1 aromatic rings. The number of nitrogens with one attached hydrogen (secondary N) is 1. The number of thiazole rings is 1. The molecule has 0 bridgehead atoms. The van der Waals surface area contributed by atoms with E-state index in [-0.39, 0.29) is 6.03 Å². The number of anilines is 1. The summed E-state index contributed by atoms with van der Waals surface area (Å²) in [5, 5.41) is 3.73. The Balaban J connectivity index is 1.71. The molecule has 1 aromatic heterocycles. The van der Waals surface area contributed by atoms with E-state index in [9.17, 15) is 4.79 Å². The van der Waals surface area contributed by atoms with Gasteiger partial charge in [-0.2, -0.15) is 0 Å². The summed E-state index contributed by atoms with van der Waals surface area (Å²) in [5.74, 6) is 1.60. The van der Waals surface area contributed by atoms with Gasteiger partial charge >= 0.3 is 6.03 Å². The third kappa shape index (κ3) is 4.51. The molecular formula is C18H28BrN3OS. The fraction of sp³-hybridized carbons (Fsp3) is 0.778. The molecule has 134 valence electrons. The summed E-state index contributed by atoms with van der Waals surface area (Å²) in [7, 11) is 0. The number of nitrogens with zero attached hydrogens (tertiary/aromatic N) is 2. The zero-order valence-electron chi connectivity index (χ0n) is 14.6. The van der Waals surface area contributed by atoms with Gasteiger partial charge in [-0.25, -0.2) is 9.78 Å². The predicted octanol–water partition coefficient (Wildman–Crippen LogP) is 5.90. The Morgan fingerprint density at radius 3 is 2.00 bits per heavy atom. The summed E-state index contributed by atoms with van der Waals surface area (Å²) >= 11 is 4.89. The molecule has 0 saturated heterocycles. The number of amides is 2. The minimum Gasteiger partial charge on any atom is -0.319 e. The maximum atomic E-state index is 13.0. The molecule has 2 aliphatic rings. The van der Waals surface area contributed by atoms with Crippen molar-refractivity contribution in [2.24, 2.45) is 11.8 Å². The molecule has 2 aliphatic carbocycles. The highest BCUT2D eigenvalue weighted by Gasteiger charge is 2.34. The largest absolute Gasteiger partial charge is 0.324 e. The first-order valence-electron chi connectivity index (χ1n) is 9.23. The molecule has 1 N–H and O–H groups in total. The van der Waals surface area contributed by atoms with Gasteiger partial charge in [0.1, 0.15) is 0 Å². The van der Waals surface area contributed by atoms with Crippen molar-refractivity contribution in [3.63, 3.8) is 0 Å². The van der Waals surface area contributed by atoms with Gasteiger partial charge in [0.05, 0.1) is 9.98 Å². The Morgan fingerprint density at radius 1 is 1.08 bits per heavy atom. The Labute approximate surface area is 157 Å². The molecule has 0 spiro atoms. The van der Waals surface area contributed by atoms with Crippen molar-refractivity contribution in [1.29, 1.82) is 0 Å². The van der Waals surface area contributed by atoms with Gasteiger partial charge in [0.25, 0.3) is 0 Å². The summed E-state index contributed by atoms with van der Waals surface area (Å²) < 4.78 is 0.947. The van der Waals surface area contributed by atoms with Crippen LogP contribution in [0.15, 0.2) is 9.98 Å². The Bertz CT molecular complexity index is 526. The molecule has 2 fully saturated rings. The normalized spacial score (nSPS) is 30.8. The number of carbonyl (C=O) groups excluding carboxylic acids is 1. The van der Waals surface area contributed by atoms with Crippen molar-refractivity contribution >= 4 is 38.4 Å². The summed E-state index contributed by atoms with van der Waals surface area (Å²) in [6, 6.07) is 0.835. The third-order valence-electron chi connectivity index (χ3n) is 5.68. The van der Waals surface area contributed by atoms with E-state index < -0.39 is 0 Å². The SMILES string of the molecule is CC1CCC(N(C(=O)Nc2ncc(Br)s2)C2CCC(C)CC2)CC1. The minimum absolute atomic E-state index is 0.0518. The van der Waals surface area contributed by atoms with Gasteiger partial charge < -0.3 is 4.90 Å². The lowest BCUT2D eigenvalue weighted by atomic mass is 9.82. The predicted molar refractivity (Wildman–Crippen MR) is 104 cm³/mol. The standard InChI is InChI=1S/C18H28BrN3OS/c1-12-3-7-14(8-4-12)22(15-9-5-13(2)6-10-15)18(23)21-17-20-11-16(19)24-17/h11-15H,3-10H2,1-2H3,(H,20,21,23). The highest BCUT2D eigenvalue weighted by molar-refractivity contribution is 9.11. The third-order valence-corrected chi connectivity index (χ3v) is 7.07. The van der Waals surface area contributed by atoms with Crippen molar-refractivity contribution in [3.8, 4) is 0 Å². The maximum absolute atomic E-state index is 13.0. The van der Waals surface area contributed by atoms with Crippen LogP contribution in [0.25, 0.3) is 0 Å². The number of hydrogen-bond acceptors (Lipinski definition) is 3. The molecule has 0 unspecified atom stereocenters. The van der Waals surface area contributed by atoms with E-state index in [1.165, 1.54) is 37.0 Å². The van der Waals surface area contributed by atoms with Crippen LogP contribution >= 0.6 is 27.3 Å². The number of carbonyl (C=O) groups is 1. The van der Waals surface area contributed by atoms with E-state index in [2.05, 4.69) is 45.0 Å². The summed E-state index contributed by atoms with van der Waals surface area (Å²) in [6.07, 6.45) is 11.3. The van der Waals surface area contributed by atoms with Crippen LogP contribution in [0.2, 0.25) is 0 Å². The molecule has 0 radical (unpaired) electrons. The number of rotatable bonds is 3. The summed E-state index contributed by atoms with van der Waals surface area (Å²) in [4.78, 5) is 19.5. The molecule has 0 aliphatic heterocycles. The highest BCUT2D eigenvalue weighted by atomic mass is 79.9. The molecule has 2 amide bonds. The van der Waals surface area contributed by atoms with Crippen LogP contribution in [0.3, 0.4) is 0 Å². The molecule has 24 heavy (non-hydrogen) atoms. The zero-order valence-corrected chi connectivity index (χ0v) is 17.0. The number of hydrogen-bond donors (Lipinski definition) is 1. The average molecular weight is 414 g/mol. The van der Waals surface area contributed by atoms with Crippen molar-refractivity contribution < 1.29 is 4.79 Å². The van der Waals surface area contributed by atoms with E-state index in [1.807, 2.05) is 0 Å². The fourth-order valence-electron chi connectivity index (χ4n) is 4.14. The molecule has 6 heteroatoms. The highest BCUT2D eigenvalue weighted by Crippen LogP contribution is 2.34. The van der Waals surface area contributed by atoms with Gasteiger partial charge in [0.2, 0.25) is 0 Å². The molecule has 2 saturated carbocycles. The summed E-state index contributed by atoms with van der Waals surface area (Å²) in [5.41, 5.74) is 0. The molecular weight excluding hydrogens is 386 g/mol. The molecule has 0 aromatic carbocycles. The zero-order chi connectivity index (χ0) is 17.1. The minimum atomic E-state index is 0.0518. The Morgan fingerprint density at radius 2 is 1.58 bits per heavy atom. The molecule has 1 heterocycles. The lowest BCUT2D eigenvalue weighted by Gasteiger charge is -2.43. The van der Waals surface area contributed by atoms with Gasteiger partial charge in [0.15, 0.2) is 5.13 Å². The molecule has 4 nitrogen and oxygen atoms in total. The summed E-state index contributed by atoms with van der Waals surface area (Å²) in [6.45, 7) is 4.66. The van der Waals surface area contributed by atoms with E-state index >= 15 is 0 Å². The average Bonchev–Trinajstić information content (AvgIpc) is 2.96. The van der Waals surface area contributed by atoms with Gasteiger partial charge in [-0.05, 0) is 79.1 Å². The van der Waals surface area contributed by atoms with Crippen LogP contribution in [0, 0.1) is 11.8 Å². The van der Waals surface area contributed by atoms with E-state index in [0.29, 0.717) is 17.2 Å². The fourth-order valence-corrected chi connectivity index (χ4v) is 5.24. The van der Waals surface area contributed by atoms with Crippen molar-refractivity contribution in [2.45, 2.75) is 77.3 Å². The van der Waals surface area contributed by atoms with Crippen LogP contribution in [0.4, 0.5) is 9.93 Å². The van der Waals surface area contributed by atoms with Crippen molar-refractivity contribution in [2.75, 3.05) is 5.32 Å². The van der Waals surface area contributed by atoms with Crippen molar-refractivity contribution in [1.82, 2.24) is 9.88 Å². The van der Waals surface area contributed by atoms with Gasteiger partial charge in [0, 0.05) is 12.1 Å². The van der Waals surface area contributed by atoms with Crippen LogP contribution in [0.5, 0.6) is 0 Å². The van der Waals surface area contributed by atoms with Crippen LogP contribution in [-0.2, 0) is 0 Å². The quantitative estimate of drug-likeness (QED) is 0.670. The smallest absolute Gasteiger partial charge is 0.319 e. The first kappa shape index (κ1) is 18.2. The number of aromatic nitrogens is 1. The number of urea groups is 1. The molecule has 0 atom stereocenters. The lowest BCUT2D eigenvalue weighted by molar-refractivity contribution is 0.0975. The second-order valence-electron chi connectivity index (χ2n) is 7.63. The van der Waals surface area contributed by atoms with Crippen LogP contribution in [0.1, 0.15) is 65.2 Å². The Hall–Kier alpha value is -0.620. The van der Waals surface area contributed by atoms with Gasteiger partial charge in [-0.1, -0.05) is 25.2 Å². The molecule has 3 rings (SSSR count). The van der Waals surface area contributed by atoms with E-state index in [0.717, 1.165) is 41.3 Å². The first-order valence-corrected chi connectivity index (χ1v) is 10.8. The second-order valence-corrected chi connectivity index (χ2v) is 10.0. The van der Waals surface area contributed by atoms with Gasteiger partial charge in [-0.3, -0.25) is 5.32 Å². The van der Waals surface area contributed by atoms with Crippen LogP contribution < -0.4 is 5.32 Å². The van der Waals surface area contributed by atoms with E-state index in [1.54, 1.807) is 6.20 Å². The lowest BCUT2D eigenvalue weighted by Crippen LogP contribution is -2.51. The topological polar surface area (TPSA) is 45.2 Å². The van der Waals surface area contributed by atoms with Gasteiger partial charge in [-0.15, -0.1) is 0 Å². The van der Waals surface area contributed by atoms with E-state index in [4.69, 9.17) is 0 Å². The number of halogens is 1. The Kier molecular flexibility index (Phi) is 6.19.